The van der Waals surface area contributed by atoms with Gasteiger partial charge in [0.25, 0.3) is 5.56 Å². The van der Waals surface area contributed by atoms with Crippen molar-refractivity contribution in [1.82, 2.24) is 14.7 Å². The first-order valence-corrected chi connectivity index (χ1v) is 10.8. The van der Waals surface area contributed by atoms with Crippen LogP contribution in [0.15, 0.2) is 89.7 Å². The molecule has 3 aromatic carbocycles. The molecule has 1 saturated heterocycles. The van der Waals surface area contributed by atoms with Crippen LogP contribution in [0, 0.1) is 0 Å². The fourth-order valence-corrected chi connectivity index (χ4v) is 4.15. The Morgan fingerprint density at radius 2 is 1.50 bits per heavy atom. The highest BCUT2D eigenvalue weighted by Crippen LogP contribution is 2.22. The van der Waals surface area contributed by atoms with Crippen molar-refractivity contribution in [3.63, 3.8) is 0 Å². The van der Waals surface area contributed by atoms with Crippen molar-refractivity contribution in [3.8, 4) is 11.3 Å². The van der Waals surface area contributed by atoms with E-state index in [0.717, 1.165) is 29.4 Å². The minimum Gasteiger partial charge on any atom is -0.368 e. The number of anilines is 1. The number of nitrogens with zero attached hydrogens (tertiary/aromatic N) is 4. The van der Waals surface area contributed by atoms with Gasteiger partial charge < -0.3 is 9.80 Å². The summed E-state index contributed by atoms with van der Waals surface area (Å²) in [6.45, 7) is 2.76. The van der Waals surface area contributed by atoms with Gasteiger partial charge in [0.05, 0.1) is 5.69 Å². The second-order valence-corrected chi connectivity index (χ2v) is 7.98. The molecule has 0 radical (unpaired) electrons. The van der Waals surface area contributed by atoms with Crippen molar-refractivity contribution in [1.29, 1.82) is 0 Å². The van der Waals surface area contributed by atoms with Crippen molar-refractivity contribution < 1.29 is 4.79 Å². The molecule has 160 valence electrons. The predicted octanol–water partition coefficient (Wildman–Crippen LogP) is 3.41. The first-order chi connectivity index (χ1) is 15.7. The molecule has 0 saturated carbocycles. The number of piperazine rings is 1. The SMILES string of the molecule is O=C(Cn1nc(-c2ccc3ccccc3c2)ccc1=O)N1CCN(c2ccccc2)CC1. The normalized spacial score (nSPS) is 14.0. The zero-order valence-corrected chi connectivity index (χ0v) is 17.7. The predicted molar refractivity (Wildman–Crippen MR) is 127 cm³/mol. The van der Waals surface area contributed by atoms with Crippen molar-refractivity contribution >= 4 is 22.4 Å². The Morgan fingerprint density at radius 3 is 2.28 bits per heavy atom. The molecule has 1 aliphatic rings. The summed E-state index contributed by atoms with van der Waals surface area (Å²) in [6.07, 6.45) is 0. The number of amides is 1. The Balaban J connectivity index is 1.30. The van der Waals surface area contributed by atoms with Gasteiger partial charge in [-0.2, -0.15) is 5.10 Å². The van der Waals surface area contributed by atoms with E-state index in [1.54, 1.807) is 6.07 Å². The summed E-state index contributed by atoms with van der Waals surface area (Å²) in [7, 11) is 0. The van der Waals surface area contributed by atoms with Gasteiger partial charge in [0.2, 0.25) is 5.91 Å². The second-order valence-electron chi connectivity index (χ2n) is 7.98. The Hall–Kier alpha value is -3.93. The number of hydrogen-bond donors (Lipinski definition) is 0. The van der Waals surface area contributed by atoms with E-state index in [-0.39, 0.29) is 18.0 Å². The van der Waals surface area contributed by atoms with Gasteiger partial charge in [-0.3, -0.25) is 9.59 Å². The van der Waals surface area contributed by atoms with Crippen LogP contribution in [0.5, 0.6) is 0 Å². The summed E-state index contributed by atoms with van der Waals surface area (Å²) in [5.74, 6) is -0.0806. The van der Waals surface area contributed by atoms with Gasteiger partial charge in [-0.25, -0.2) is 4.68 Å². The quantitative estimate of drug-likeness (QED) is 0.504. The maximum Gasteiger partial charge on any atom is 0.267 e. The largest absolute Gasteiger partial charge is 0.368 e. The number of carbonyl (C=O) groups is 1. The molecule has 0 unspecified atom stereocenters. The highest BCUT2D eigenvalue weighted by atomic mass is 16.2. The minimum atomic E-state index is -0.272. The van der Waals surface area contributed by atoms with E-state index in [9.17, 15) is 9.59 Å². The Kier molecular flexibility index (Phi) is 5.42. The summed E-state index contributed by atoms with van der Waals surface area (Å²) >= 11 is 0. The van der Waals surface area contributed by atoms with Crippen LogP contribution >= 0.6 is 0 Å². The van der Waals surface area contributed by atoms with Crippen LogP contribution in [0.4, 0.5) is 5.69 Å². The minimum absolute atomic E-state index is 0.0500. The van der Waals surface area contributed by atoms with Crippen molar-refractivity contribution in [2.24, 2.45) is 0 Å². The molecule has 0 N–H and O–H groups in total. The Bertz CT molecular complexity index is 1310. The van der Waals surface area contributed by atoms with Crippen molar-refractivity contribution in [2.45, 2.75) is 6.54 Å². The maximum atomic E-state index is 12.9. The smallest absolute Gasteiger partial charge is 0.267 e. The lowest BCUT2D eigenvalue weighted by Crippen LogP contribution is -2.50. The average Bonchev–Trinajstić information content (AvgIpc) is 2.85. The van der Waals surface area contributed by atoms with Crippen LogP contribution in [0.2, 0.25) is 0 Å². The molecule has 4 aromatic rings. The van der Waals surface area contributed by atoms with Gasteiger partial charge in [-0.1, -0.05) is 54.6 Å². The lowest BCUT2D eigenvalue weighted by Gasteiger charge is -2.36. The van der Waals surface area contributed by atoms with Crippen LogP contribution in [0.1, 0.15) is 0 Å². The summed E-state index contributed by atoms with van der Waals surface area (Å²) in [5, 5.41) is 6.75. The molecule has 6 heteroatoms. The Labute approximate surface area is 186 Å². The standard InChI is InChI=1S/C26H24N4O2/c31-25-13-12-24(22-11-10-20-6-4-5-7-21(20)18-22)27-30(25)19-26(32)29-16-14-28(15-17-29)23-8-2-1-3-9-23/h1-13,18H,14-17,19H2. The molecule has 1 fully saturated rings. The molecule has 0 bridgehead atoms. The monoisotopic (exact) mass is 424 g/mol. The van der Waals surface area contributed by atoms with E-state index in [4.69, 9.17) is 0 Å². The van der Waals surface area contributed by atoms with E-state index in [0.29, 0.717) is 18.8 Å². The highest BCUT2D eigenvalue weighted by molar-refractivity contribution is 5.86. The van der Waals surface area contributed by atoms with Gasteiger partial charge in [-0.15, -0.1) is 0 Å². The maximum absolute atomic E-state index is 12.9. The lowest BCUT2D eigenvalue weighted by molar-refractivity contribution is -0.132. The number of para-hydroxylation sites is 1. The van der Waals surface area contributed by atoms with Crippen LogP contribution in [0.25, 0.3) is 22.0 Å². The fraction of sp³-hybridized carbons (Fsp3) is 0.192. The lowest BCUT2D eigenvalue weighted by atomic mass is 10.1. The van der Waals surface area contributed by atoms with E-state index < -0.39 is 0 Å². The van der Waals surface area contributed by atoms with E-state index >= 15 is 0 Å². The number of fused-ring (bicyclic) bond motifs is 1. The van der Waals surface area contributed by atoms with Crippen LogP contribution in [0.3, 0.4) is 0 Å². The molecule has 1 aliphatic heterocycles. The van der Waals surface area contributed by atoms with Gasteiger partial charge in [0, 0.05) is 43.5 Å². The molecule has 1 aromatic heterocycles. The second kappa shape index (κ2) is 8.67. The molecule has 6 nitrogen and oxygen atoms in total. The molecule has 2 heterocycles. The zero-order valence-electron chi connectivity index (χ0n) is 17.7. The first-order valence-electron chi connectivity index (χ1n) is 10.8. The number of rotatable bonds is 4. The zero-order chi connectivity index (χ0) is 21.9. The number of hydrogen-bond acceptors (Lipinski definition) is 4. The van der Waals surface area contributed by atoms with E-state index in [2.05, 4.69) is 34.3 Å². The van der Waals surface area contributed by atoms with Crippen LogP contribution in [-0.2, 0) is 11.3 Å². The third-order valence-electron chi connectivity index (χ3n) is 5.95. The summed E-state index contributed by atoms with van der Waals surface area (Å²) in [5.41, 5.74) is 2.49. The molecular formula is C26H24N4O2. The molecular weight excluding hydrogens is 400 g/mol. The topological polar surface area (TPSA) is 58.4 Å². The fourth-order valence-electron chi connectivity index (χ4n) is 4.15. The summed E-state index contributed by atoms with van der Waals surface area (Å²) in [6, 6.07) is 27.6. The number of benzene rings is 3. The summed E-state index contributed by atoms with van der Waals surface area (Å²) < 4.78 is 1.27. The third-order valence-corrected chi connectivity index (χ3v) is 5.95. The van der Waals surface area contributed by atoms with Gasteiger partial charge >= 0.3 is 0 Å². The first kappa shape index (κ1) is 20.0. The summed E-state index contributed by atoms with van der Waals surface area (Å²) in [4.78, 5) is 29.4. The van der Waals surface area contributed by atoms with Crippen LogP contribution < -0.4 is 10.5 Å². The molecule has 32 heavy (non-hydrogen) atoms. The third kappa shape index (κ3) is 4.12. The molecule has 1 amide bonds. The van der Waals surface area contributed by atoms with Crippen LogP contribution in [-0.4, -0.2) is 46.8 Å². The molecule has 5 rings (SSSR count). The van der Waals surface area contributed by atoms with E-state index in [1.165, 1.54) is 16.4 Å². The molecule has 0 aliphatic carbocycles. The van der Waals surface area contributed by atoms with Gasteiger partial charge in [0.15, 0.2) is 0 Å². The highest BCUT2D eigenvalue weighted by Gasteiger charge is 2.22. The van der Waals surface area contributed by atoms with Gasteiger partial charge in [0.1, 0.15) is 6.54 Å². The number of carbonyl (C=O) groups excluding carboxylic acids is 1. The van der Waals surface area contributed by atoms with E-state index in [1.807, 2.05) is 53.4 Å². The number of aromatic nitrogens is 2. The Morgan fingerprint density at radius 1 is 0.781 bits per heavy atom. The molecule has 0 spiro atoms. The van der Waals surface area contributed by atoms with Crippen molar-refractivity contribution in [3.05, 3.63) is 95.3 Å². The van der Waals surface area contributed by atoms with Gasteiger partial charge in [-0.05, 0) is 35.0 Å². The molecule has 0 atom stereocenters. The average molecular weight is 425 g/mol. The van der Waals surface area contributed by atoms with Crippen molar-refractivity contribution in [2.75, 3.05) is 31.1 Å².